The van der Waals surface area contributed by atoms with E-state index in [2.05, 4.69) is 22.7 Å². The first kappa shape index (κ1) is 14.2. The van der Waals surface area contributed by atoms with E-state index in [0.29, 0.717) is 0 Å². The fourth-order valence-electron chi connectivity index (χ4n) is 2.16. The summed E-state index contributed by atoms with van der Waals surface area (Å²) in [6.07, 6.45) is 3.52. The Labute approximate surface area is 118 Å². The third-order valence-corrected chi connectivity index (χ3v) is 3.15. The van der Waals surface area contributed by atoms with E-state index in [9.17, 15) is 4.79 Å². The highest BCUT2D eigenvalue weighted by Gasteiger charge is 2.13. The van der Waals surface area contributed by atoms with Crippen molar-refractivity contribution in [1.29, 1.82) is 0 Å². The molecule has 2 aromatic rings. The van der Waals surface area contributed by atoms with E-state index in [1.54, 1.807) is 17.9 Å². The summed E-state index contributed by atoms with van der Waals surface area (Å²) in [6, 6.07) is 2.15. The Hall–Kier alpha value is -2.24. The van der Waals surface area contributed by atoms with E-state index < -0.39 is 0 Å². The number of nitrogens with one attached hydrogen (secondary N) is 2. The standard InChI is InChI=1S/C14H20N4O2/c1-9-5-13(11(3)20-9)10(2)17-12-6-16-18(7-12)8-14(19)15-4/h5-7,10,17H,8H2,1-4H3,(H,15,19). The number of carbonyl (C=O) groups is 1. The summed E-state index contributed by atoms with van der Waals surface area (Å²) >= 11 is 0. The molecule has 0 aliphatic carbocycles. The van der Waals surface area contributed by atoms with Crippen LogP contribution in [0.3, 0.4) is 0 Å². The monoisotopic (exact) mass is 276 g/mol. The number of likely N-dealkylation sites (N-methyl/N-ethyl adjacent to an activating group) is 1. The largest absolute Gasteiger partial charge is 0.466 e. The summed E-state index contributed by atoms with van der Waals surface area (Å²) in [5.41, 5.74) is 2.00. The molecule has 2 rings (SSSR count). The minimum Gasteiger partial charge on any atom is -0.466 e. The fourth-order valence-corrected chi connectivity index (χ4v) is 2.16. The van der Waals surface area contributed by atoms with E-state index in [4.69, 9.17) is 4.42 Å². The number of carbonyl (C=O) groups excluding carboxylic acids is 1. The number of hydrogen-bond acceptors (Lipinski definition) is 4. The SMILES string of the molecule is CNC(=O)Cn1cc(NC(C)c2cc(C)oc2C)cn1. The quantitative estimate of drug-likeness (QED) is 0.876. The van der Waals surface area contributed by atoms with Gasteiger partial charge in [-0.15, -0.1) is 0 Å². The number of amides is 1. The van der Waals surface area contributed by atoms with Gasteiger partial charge in [0.2, 0.25) is 5.91 Å². The number of hydrogen-bond donors (Lipinski definition) is 2. The van der Waals surface area contributed by atoms with Crippen molar-refractivity contribution < 1.29 is 9.21 Å². The molecule has 1 amide bonds. The Morgan fingerprint density at radius 1 is 1.50 bits per heavy atom. The third kappa shape index (κ3) is 3.20. The zero-order valence-electron chi connectivity index (χ0n) is 12.2. The summed E-state index contributed by atoms with van der Waals surface area (Å²) in [7, 11) is 1.61. The molecule has 20 heavy (non-hydrogen) atoms. The molecule has 0 aliphatic rings. The van der Waals surface area contributed by atoms with Gasteiger partial charge in [0.05, 0.1) is 17.9 Å². The highest BCUT2D eigenvalue weighted by molar-refractivity contribution is 5.75. The van der Waals surface area contributed by atoms with Gasteiger partial charge in [0.25, 0.3) is 0 Å². The molecule has 0 spiro atoms. The maximum atomic E-state index is 11.3. The zero-order valence-corrected chi connectivity index (χ0v) is 12.2. The van der Waals surface area contributed by atoms with E-state index in [1.165, 1.54) is 0 Å². The molecule has 1 unspecified atom stereocenters. The van der Waals surface area contributed by atoms with Gasteiger partial charge in [-0.3, -0.25) is 9.48 Å². The fraction of sp³-hybridized carbons (Fsp3) is 0.429. The van der Waals surface area contributed by atoms with Gasteiger partial charge in [-0.1, -0.05) is 0 Å². The first-order valence-corrected chi connectivity index (χ1v) is 6.56. The first-order valence-electron chi connectivity index (χ1n) is 6.56. The first-order chi connectivity index (χ1) is 9.49. The van der Waals surface area contributed by atoms with Crippen molar-refractivity contribution in [3.63, 3.8) is 0 Å². The number of furan rings is 1. The Kier molecular flexibility index (Phi) is 4.12. The number of rotatable bonds is 5. The second-order valence-corrected chi connectivity index (χ2v) is 4.83. The Morgan fingerprint density at radius 2 is 2.25 bits per heavy atom. The minimum absolute atomic E-state index is 0.0750. The average Bonchev–Trinajstić information content (AvgIpc) is 2.95. The maximum Gasteiger partial charge on any atom is 0.241 e. The van der Waals surface area contributed by atoms with Crippen molar-refractivity contribution in [3.8, 4) is 0 Å². The molecule has 0 saturated heterocycles. The van der Waals surface area contributed by atoms with Crippen LogP contribution in [0.2, 0.25) is 0 Å². The summed E-state index contributed by atoms with van der Waals surface area (Å²) in [5.74, 6) is 1.75. The highest BCUT2D eigenvalue weighted by Crippen LogP contribution is 2.24. The summed E-state index contributed by atoms with van der Waals surface area (Å²) in [5, 5.41) is 10.1. The topological polar surface area (TPSA) is 72.1 Å². The molecule has 0 saturated carbocycles. The molecule has 0 fully saturated rings. The molecule has 6 heteroatoms. The van der Waals surface area contributed by atoms with Crippen LogP contribution in [0.4, 0.5) is 5.69 Å². The average molecular weight is 276 g/mol. The van der Waals surface area contributed by atoms with E-state index in [-0.39, 0.29) is 18.5 Å². The van der Waals surface area contributed by atoms with Crippen molar-refractivity contribution in [1.82, 2.24) is 15.1 Å². The maximum absolute atomic E-state index is 11.3. The lowest BCUT2D eigenvalue weighted by Gasteiger charge is -2.12. The number of aromatic nitrogens is 2. The lowest BCUT2D eigenvalue weighted by Crippen LogP contribution is -2.23. The molecule has 0 bridgehead atoms. The summed E-state index contributed by atoms with van der Waals surface area (Å²) in [4.78, 5) is 11.3. The normalized spacial score (nSPS) is 12.2. The second kappa shape index (κ2) is 5.81. The minimum atomic E-state index is -0.0750. The van der Waals surface area contributed by atoms with Crippen LogP contribution < -0.4 is 10.6 Å². The van der Waals surface area contributed by atoms with Crippen molar-refractivity contribution >= 4 is 11.6 Å². The van der Waals surface area contributed by atoms with Crippen LogP contribution in [0.1, 0.15) is 30.0 Å². The van der Waals surface area contributed by atoms with Crippen LogP contribution in [-0.2, 0) is 11.3 Å². The molecular weight excluding hydrogens is 256 g/mol. The van der Waals surface area contributed by atoms with Gasteiger partial charge < -0.3 is 15.1 Å². The van der Waals surface area contributed by atoms with Gasteiger partial charge in [-0.2, -0.15) is 5.10 Å². The second-order valence-electron chi connectivity index (χ2n) is 4.83. The van der Waals surface area contributed by atoms with Crippen molar-refractivity contribution in [2.24, 2.45) is 0 Å². The van der Waals surface area contributed by atoms with Crippen molar-refractivity contribution in [2.75, 3.05) is 12.4 Å². The van der Waals surface area contributed by atoms with Gasteiger partial charge in [0.15, 0.2) is 0 Å². The molecule has 2 N–H and O–H groups in total. The lowest BCUT2D eigenvalue weighted by molar-refractivity contribution is -0.121. The van der Waals surface area contributed by atoms with Crippen LogP contribution >= 0.6 is 0 Å². The van der Waals surface area contributed by atoms with Crippen molar-refractivity contribution in [2.45, 2.75) is 33.4 Å². The lowest BCUT2D eigenvalue weighted by atomic mass is 10.1. The van der Waals surface area contributed by atoms with Gasteiger partial charge >= 0.3 is 0 Å². The molecule has 1 atom stereocenters. The van der Waals surface area contributed by atoms with Crippen LogP contribution in [0.15, 0.2) is 22.9 Å². The number of nitrogens with zero attached hydrogens (tertiary/aromatic N) is 2. The number of aryl methyl sites for hydroxylation is 2. The van der Waals surface area contributed by atoms with Crippen molar-refractivity contribution in [3.05, 3.63) is 35.5 Å². The summed E-state index contributed by atoms with van der Waals surface area (Å²) < 4.78 is 7.13. The van der Waals surface area contributed by atoms with Crippen LogP contribution in [0.25, 0.3) is 0 Å². The third-order valence-electron chi connectivity index (χ3n) is 3.15. The molecular formula is C14H20N4O2. The number of anilines is 1. The molecule has 2 aromatic heterocycles. The molecule has 6 nitrogen and oxygen atoms in total. The molecule has 0 radical (unpaired) electrons. The Balaban J connectivity index is 2.03. The van der Waals surface area contributed by atoms with E-state index in [0.717, 1.165) is 22.8 Å². The van der Waals surface area contributed by atoms with Crippen LogP contribution in [0.5, 0.6) is 0 Å². The Bertz CT molecular complexity index is 600. The van der Waals surface area contributed by atoms with E-state index in [1.807, 2.05) is 26.1 Å². The van der Waals surface area contributed by atoms with Gasteiger partial charge in [-0.05, 0) is 26.8 Å². The highest BCUT2D eigenvalue weighted by atomic mass is 16.3. The van der Waals surface area contributed by atoms with E-state index >= 15 is 0 Å². The Morgan fingerprint density at radius 3 is 2.85 bits per heavy atom. The van der Waals surface area contributed by atoms with Gasteiger partial charge in [0.1, 0.15) is 18.1 Å². The molecule has 0 aliphatic heterocycles. The molecule has 108 valence electrons. The van der Waals surface area contributed by atoms with Crippen LogP contribution in [0, 0.1) is 13.8 Å². The smallest absolute Gasteiger partial charge is 0.241 e. The van der Waals surface area contributed by atoms with Gasteiger partial charge in [-0.25, -0.2) is 0 Å². The van der Waals surface area contributed by atoms with Crippen LogP contribution in [-0.4, -0.2) is 22.7 Å². The van der Waals surface area contributed by atoms with Gasteiger partial charge in [0, 0.05) is 18.8 Å². The summed E-state index contributed by atoms with van der Waals surface area (Å²) in [6.45, 7) is 6.17. The molecule has 0 aromatic carbocycles. The predicted molar refractivity (Wildman–Crippen MR) is 76.5 cm³/mol. The molecule has 2 heterocycles. The zero-order chi connectivity index (χ0) is 14.7. The predicted octanol–water partition coefficient (Wildman–Crippen LogP) is 2.01.